The summed E-state index contributed by atoms with van der Waals surface area (Å²) >= 11 is 5.99. The summed E-state index contributed by atoms with van der Waals surface area (Å²) in [4.78, 5) is 12.5. The first-order chi connectivity index (χ1) is 12.6. The first kappa shape index (κ1) is 21.2. The van der Waals surface area contributed by atoms with E-state index >= 15 is 0 Å². The fourth-order valence-corrected chi connectivity index (χ4v) is 4.19. The second-order valence-corrected chi connectivity index (χ2v) is 8.51. The van der Waals surface area contributed by atoms with E-state index < -0.39 is 15.9 Å². The van der Waals surface area contributed by atoms with Crippen molar-refractivity contribution < 1.29 is 17.9 Å². The minimum atomic E-state index is -3.82. The molecule has 1 atom stereocenters. The van der Waals surface area contributed by atoms with Crippen molar-refractivity contribution in [3.8, 4) is 5.75 Å². The highest BCUT2D eigenvalue weighted by atomic mass is 35.5. The van der Waals surface area contributed by atoms with Crippen LogP contribution in [0.1, 0.15) is 42.7 Å². The van der Waals surface area contributed by atoms with Crippen LogP contribution in [0, 0.1) is 0 Å². The Bertz CT molecular complexity index is 929. The highest BCUT2D eigenvalue weighted by Gasteiger charge is 2.23. The topological polar surface area (TPSA) is 84.5 Å². The molecule has 1 amide bonds. The van der Waals surface area contributed by atoms with Gasteiger partial charge in [-0.3, -0.25) is 4.79 Å². The van der Waals surface area contributed by atoms with Crippen LogP contribution in [0.3, 0.4) is 0 Å². The molecule has 1 unspecified atom stereocenters. The molecule has 0 aromatic heterocycles. The lowest BCUT2D eigenvalue weighted by molar-refractivity contribution is 0.0939. The van der Waals surface area contributed by atoms with Gasteiger partial charge in [0.05, 0.1) is 13.2 Å². The van der Waals surface area contributed by atoms with Crippen molar-refractivity contribution in [2.75, 3.05) is 7.11 Å². The maximum absolute atomic E-state index is 12.6. The number of methoxy groups -OCH3 is 1. The number of hydrogen-bond acceptors (Lipinski definition) is 4. The van der Waals surface area contributed by atoms with E-state index in [1.54, 1.807) is 32.0 Å². The zero-order chi connectivity index (χ0) is 20.2. The lowest BCUT2D eigenvalue weighted by Crippen LogP contribution is -2.31. The van der Waals surface area contributed by atoms with Crippen LogP contribution in [0.25, 0.3) is 0 Å². The Kier molecular flexibility index (Phi) is 6.86. The van der Waals surface area contributed by atoms with Gasteiger partial charge in [-0.15, -0.1) is 0 Å². The van der Waals surface area contributed by atoms with E-state index in [1.165, 1.54) is 25.3 Å². The van der Waals surface area contributed by atoms with E-state index in [1.807, 2.05) is 13.0 Å². The highest BCUT2D eigenvalue weighted by Crippen LogP contribution is 2.26. The minimum Gasteiger partial charge on any atom is -0.495 e. The summed E-state index contributed by atoms with van der Waals surface area (Å²) in [6, 6.07) is 10.9. The fourth-order valence-electron chi connectivity index (χ4n) is 2.54. The summed E-state index contributed by atoms with van der Waals surface area (Å²) < 4.78 is 32.7. The quantitative estimate of drug-likeness (QED) is 0.731. The molecule has 0 aliphatic rings. The lowest BCUT2D eigenvalue weighted by Gasteiger charge is -2.17. The van der Waals surface area contributed by atoms with E-state index in [-0.39, 0.29) is 28.3 Å². The Morgan fingerprint density at radius 1 is 1.11 bits per heavy atom. The van der Waals surface area contributed by atoms with Gasteiger partial charge in [-0.1, -0.05) is 23.7 Å². The Labute approximate surface area is 164 Å². The average molecular weight is 411 g/mol. The lowest BCUT2D eigenvalue weighted by atomic mass is 10.1. The fraction of sp³-hybridized carbons (Fsp3) is 0.316. The van der Waals surface area contributed by atoms with Gasteiger partial charge in [-0.05, 0) is 56.7 Å². The maximum Gasteiger partial charge on any atom is 0.251 e. The van der Waals surface area contributed by atoms with Crippen molar-refractivity contribution >= 4 is 27.5 Å². The summed E-state index contributed by atoms with van der Waals surface area (Å²) in [5.41, 5.74) is 1.06. The normalized spacial score (nSPS) is 12.7. The molecule has 2 aromatic rings. The summed E-state index contributed by atoms with van der Waals surface area (Å²) in [5, 5.41) is 3.42. The molecule has 0 aliphatic carbocycles. The average Bonchev–Trinajstić information content (AvgIpc) is 2.60. The second kappa shape index (κ2) is 8.73. The Morgan fingerprint density at radius 3 is 2.41 bits per heavy atom. The molecule has 2 N–H and O–H groups in total. The third-order valence-corrected chi connectivity index (χ3v) is 5.72. The van der Waals surface area contributed by atoms with E-state index in [9.17, 15) is 13.2 Å². The van der Waals surface area contributed by atoms with Crippen LogP contribution in [0.15, 0.2) is 47.4 Å². The summed E-state index contributed by atoms with van der Waals surface area (Å²) in [6.45, 7) is 5.26. The van der Waals surface area contributed by atoms with Crippen LogP contribution >= 0.6 is 11.6 Å². The van der Waals surface area contributed by atoms with Crippen molar-refractivity contribution in [1.29, 1.82) is 0 Å². The molecule has 8 heteroatoms. The van der Waals surface area contributed by atoms with Crippen molar-refractivity contribution in [3.63, 3.8) is 0 Å². The van der Waals surface area contributed by atoms with Crippen LogP contribution in [0.4, 0.5) is 0 Å². The number of nitrogens with one attached hydrogen (secondary N) is 2. The third kappa shape index (κ3) is 5.45. The van der Waals surface area contributed by atoms with Crippen LogP contribution in [-0.4, -0.2) is 27.5 Å². The zero-order valence-corrected chi connectivity index (χ0v) is 17.2. The SMILES string of the molecule is COc1ccc(C(=O)NC(C)c2cccc(Cl)c2)cc1S(=O)(=O)NC(C)C. The van der Waals surface area contributed by atoms with Crippen LogP contribution in [-0.2, 0) is 10.0 Å². The molecule has 2 aromatic carbocycles. The van der Waals surface area contributed by atoms with Crippen molar-refractivity contribution in [1.82, 2.24) is 10.0 Å². The van der Waals surface area contributed by atoms with Gasteiger partial charge < -0.3 is 10.1 Å². The van der Waals surface area contributed by atoms with Crippen LogP contribution < -0.4 is 14.8 Å². The summed E-state index contributed by atoms with van der Waals surface area (Å²) in [5.74, 6) is -0.228. The van der Waals surface area contributed by atoms with Crippen LogP contribution in [0.5, 0.6) is 5.75 Å². The standard InChI is InChI=1S/C19H23ClN2O4S/c1-12(2)22-27(24,25)18-11-15(8-9-17(18)26-4)19(23)21-13(3)14-6-5-7-16(20)10-14/h5-13,22H,1-4H3,(H,21,23). The molecule has 0 saturated heterocycles. The summed E-state index contributed by atoms with van der Waals surface area (Å²) in [7, 11) is -2.44. The van der Waals surface area contributed by atoms with Gasteiger partial charge in [0, 0.05) is 16.6 Å². The van der Waals surface area contributed by atoms with E-state index in [2.05, 4.69) is 10.0 Å². The number of ether oxygens (including phenoxy) is 1. The van der Waals surface area contributed by atoms with Crippen LogP contribution in [0.2, 0.25) is 5.02 Å². The first-order valence-corrected chi connectivity index (χ1v) is 10.3. The summed E-state index contributed by atoms with van der Waals surface area (Å²) in [6.07, 6.45) is 0. The van der Waals surface area contributed by atoms with E-state index in [0.29, 0.717) is 5.02 Å². The number of halogens is 1. The number of sulfonamides is 1. The molecule has 0 saturated carbocycles. The number of amides is 1. The van der Waals surface area contributed by atoms with Gasteiger partial charge in [0.15, 0.2) is 0 Å². The van der Waals surface area contributed by atoms with Crippen molar-refractivity contribution in [2.24, 2.45) is 0 Å². The van der Waals surface area contributed by atoms with Crippen molar-refractivity contribution in [2.45, 2.75) is 37.8 Å². The van der Waals surface area contributed by atoms with E-state index in [4.69, 9.17) is 16.3 Å². The predicted octanol–water partition coefficient (Wildman–Crippen LogP) is 3.53. The van der Waals surface area contributed by atoms with Crippen molar-refractivity contribution in [3.05, 3.63) is 58.6 Å². The Morgan fingerprint density at radius 2 is 1.81 bits per heavy atom. The highest BCUT2D eigenvalue weighted by molar-refractivity contribution is 7.89. The first-order valence-electron chi connectivity index (χ1n) is 8.40. The molecule has 0 aliphatic heterocycles. The van der Waals surface area contributed by atoms with Gasteiger partial charge in [0.1, 0.15) is 10.6 Å². The predicted molar refractivity (Wildman–Crippen MR) is 106 cm³/mol. The van der Waals surface area contributed by atoms with Gasteiger partial charge >= 0.3 is 0 Å². The minimum absolute atomic E-state index is 0.0817. The van der Waals surface area contributed by atoms with Gasteiger partial charge in [-0.2, -0.15) is 0 Å². The Hall–Kier alpha value is -2.09. The molecule has 146 valence electrons. The number of benzene rings is 2. The third-order valence-electron chi connectivity index (χ3n) is 3.80. The monoisotopic (exact) mass is 410 g/mol. The molecule has 0 spiro atoms. The van der Waals surface area contributed by atoms with Gasteiger partial charge in [0.25, 0.3) is 5.91 Å². The molecular weight excluding hydrogens is 388 g/mol. The second-order valence-electron chi connectivity index (χ2n) is 6.39. The molecule has 0 bridgehead atoms. The zero-order valence-electron chi connectivity index (χ0n) is 15.6. The smallest absolute Gasteiger partial charge is 0.251 e. The molecule has 0 heterocycles. The number of rotatable bonds is 7. The maximum atomic E-state index is 12.6. The Balaban J connectivity index is 2.30. The molecule has 27 heavy (non-hydrogen) atoms. The largest absolute Gasteiger partial charge is 0.495 e. The number of carbonyl (C=O) groups is 1. The molecule has 0 fully saturated rings. The molecule has 0 radical (unpaired) electrons. The molecule has 2 rings (SSSR count). The molecular formula is C19H23ClN2O4S. The number of carbonyl (C=O) groups excluding carboxylic acids is 1. The van der Waals surface area contributed by atoms with Gasteiger partial charge in [0.2, 0.25) is 10.0 Å². The number of hydrogen-bond donors (Lipinski definition) is 2. The van der Waals surface area contributed by atoms with Gasteiger partial charge in [-0.25, -0.2) is 13.1 Å². The molecule has 6 nitrogen and oxygen atoms in total. The van der Waals surface area contributed by atoms with E-state index in [0.717, 1.165) is 5.56 Å².